The third-order valence-corrected chi connectivity index (χ3v) is 4.50. The Morgan fingerprint density at radius 1 is 1.04 bits per heavy atom. The monoisotopic (exact) mass is 309 g/mol. The number of nitrogens with zero attached hydrogens (tertiary/aromatic N) is 1. The Bertz CT molecular complexity index is 638. The molecule has 1 unspecified atom stereocenters. The maximum atomic E-state index is 9.62. The second-order valence-corrected chi connectivity index (χ2v) is 5.93. The molecule has 23 heavy (non-hydrogen) atoms. The lowest BCUT2D eigenvalue weighted by Crippen LogP contribution is -2.32. The van der Waals surface area contributed by atoms with E-state index in [4.69, 9.17) is 4.74 Å². The van der Waals surface area contributed by atoms with Gasteiger partial charge in [-0.3, -0.25) is 4.90 Å². The second-order valence-electron chi connectivity index (χ2n) is 5.93. The van der Waals surface area contributed by atoms with E-state index in [1.807, 2.05) is 36.4 Å². The van der Waals surface area contributed by atoms with Gasteiger partial charge >= 0.3 is 0 Å². The highest BCUT2D eigenvalue weighted by Gasteiger charge is 2.37. The van der Waals surface area contributed by atoms with Crippen LogP contribution < -0.4 is 0 Å². The minimum Gasteiger partial charge on any atom is -0.508 e. The fourth-order valence-corrected chi connectivity index (χ4v) is 3.27. The molecule has 1 saturated heterocycles. The first-order valence-electron chi connectivity index (χ1n) is 8.07. The summed E-state index contributed by atoms with van der Waals surface area (Å²) in [6, 6.07) is 17.8. The van der Waals surface area contributed by atoms with Crippen LogP contribution in [-0.4, -0.2) is 36.2 Å². The van der Waals surface area contributed by atoms with Gasteiger partial charge in [0.15, 0.2) is 0 Å². The Balaban J connectivity index is 2.00. The van der Waals surface area contributed by atoms with Crippen LogP contribution in [0, 0.1) is 0 Å². The Morgan fingerprint density at radius 3 is 2.43 bits per heavy atom. The van der Waals surface area contributed by atoms with E-state index < -0.39 is 5.60 Å². The quantitative estimate of drug-likeness (QED) is 0.877. The first-order valence-corrected chi connectivity index (χ1v) is 8.07. The number of rotatable bonds is 4. The van der Waals surface area contributed by atoms with Gasteiger partial charge in [0.1, 0.15) is 11.4 Å². The Morgan fingerprint density at radius 2 is 1.74 bits per heavy atom. The van der Waals surface area contributed by atoms with Gasteiger partial charge in [-0.1, -0.05) is 48.5 Å². The van der Waals surface area contributed by atoms with Crippen molar-refractivity contribution in [2.45, 2.75) is 12.0 Å². The topological polar surface area (TPSA) is 32.7 Å². The van der Waals surface area contributed by atoms with Crippen molar-refractivity contribution in [2.24, 2.45) is 0 Å². The average Bonchev–Trinajstić information content (AvgIpc) is 2.80. The molecule has 1 atom stereocenters. The van der Waals surface area contributed by atoms with E-state index >= 15 is 0 Å². The van der Waals surface area contributed by atoms with Crippen molar-refractivity contribution < 1.29 is 9.84 Å². The fourth-order valence-electron chi connectivity index (χ4n) is 3.27. The number of benzene rings is 2. The van der Waals surface area contributed by atoms with Crippen molar-refractivity contribution in [1.29, 1.82) is 0 Å². The van der Waals surface area contributed by atoms with E-state index in [9.17, 15) is 5.11 Å². The predicted molar refractivity (Wildman–Crippen MR) is 92.5 cm³/mol. The highest BCUT2D eigenvalue weighted by molar-refractivity contribution is 5.39. The van der Waals surface area contributed by atoms with Crippen molar-refractivity contribution in [3.05, 3.63) is 78.4 Å². The summed E-state index contributed by atoms with van der Waals surface area (Å²) >= 11 is 0. The lowest BCUT2D eigenvalue weighted by Gasteiger charge is -2.34. The summed E-state index contributed by atoms with van der Waals surface area (Å²) < 4.78 is 6.42. The molecule has 3 rings (SSSR count). The first kappa shape index (κ1) is 15.8. The van der Waals surface area contributed by atoms with Gasteiger partial charge in [0.05, 0.1) is 6.61 Å². The molecule has 0 aliphatic carbocycles. The molecule has 3 nitrogen and oxygen atoms in total. The number of phenolic OH excluding ortho intramolecular Hbond substituents is 1. The molecule has 2 aromatic rings. The molecule has 1 fully saturated rings. The highest BCUT2D eigenvalue weighted by Crippen LogP contribution is 2.39. The third kappa shape index (κ3) is 3.31. The summed E-state index contributed by atoms with van der Waals surface area (Å²) in [4.78, 5) is 2.36. The molecule has 1 aliphatic rings. The van der Waals surface area contributed by atoms with E-state index in [0.29, 0.717) is 6.61 Å². The van der Waals surface area contributed by atoms with Crippen LogP contribution in [0.15, 0.2) is 67.3 Å². The molecule has 120 valence electrons. The molecule has 0 aromatic heterocycles. The zero-order valence-electron chi connectivity index (χ0n) is 13.3. The highest BCUT2D eigenvalue weighted by atomic mass is 16.5. The zero-order chi connectivity index (χ0) is 16.1. The Hall–Kier alpha value is -2.10. The Labute approximate surface area is 137 Å². The van der Waals surface area contributed by atoms with E-state index in [2.05, 4.69) is 23.6 Å². The molecule has 2 aromatic carbocycles. The molecule has 1 N–H and O–H groups in total. The molecule has 3 heteroatoms. The van der Waals surface area contributed by atoms with Crippen LogP contribution in [0.3, 0.4) is 0 Å². The number of hydrogen-bond donors (Lipinski definition) is 1. The zero-order valence-corrected chi connectivity index (χ0v) is 13.3. The van der Waals surface area contributed by atoms with Gasteiger partial charge in [-0.15, -0.1) is 6.58 Å². The van der Waals surface area contributed by atoms with Gasteiger partial charge in [-0.25, -0.2) is 0 Å². The van der Waals surface area contributed by atoms with Gasteiger partial charge in [0, 0.05) is 19.6 Å². The lowest BCUT2D eigenvalue weighted by molar-refractivity contribution is -0.0100. The smallest absolute Gasteiger partial charge is 0.119 e. The molecule has 0 saturated carbocycles. The normalized spacial score (nSPS) is 22.4. The third-order valence-electron chi connectivity index (χ3n) is 4.50. The maximum absolute atomic E-state index is 9.62. The minimum absolute atomic E-state index is 0.277. The standard InChI is InChI=1S/C20H23NO2/c1-2-13-21-14-12-20(23-16-15-21,17-6-4-3-5-7-17)18-8-10-19(22)11-9-18/h2-11,22H,1,12-16H2. The Kier molecular flexibility index (Phi) is 4.79. The fraction of sp³-hybridized carbons (Fsp3) is 0.300. The SMILES string of the molecule is C=CCN1CCOC(c2ccccc2)(c2ccc(O)cc2)CC1. The van der Waals surface area contributed by atoms with Gasteiger partial charge in [0.25, 0.3) is 0 Å². The molecule has 0 amide bonds. The van der Waals surface area contributed by atoms with Crippen LogP contribution in [0.2, 0.25) is 0 Å². The van der Waals surface area contributed by atoms with Gasteiger partial charge in [-0.2, -0.15) is 0 Å². The summed E-state index contributed by atoms with van der Waals surface area (Å²) in [5, 5.41) is 9.62. The van der Waals surface area contributed by atoms with Crippen LogP contribution in [0.25, 0.3) is 0 Å². The van der Waals surface area contributed by atoms with Crippen LogP contribution >= 0.6 is 0 Å². The van der Waals surface area contributed by atoms with Gasteiger partial charge in [-0.05, 0) is 29.7 Å². The van der Waals surface area contributed by atoms with E-state index in [1.165, 1.54) is 0 Å². The molecular formula is C20H23NO2. The number of aromatic hydroxyl groups is 1. The second kappa shape index (κ2) is 6.99. The molecule has 0 bridgehead atoms. The van der Waals surface area contributed by atoms with Crippen molar-refractivity contribution in [3.8, 4) is 5.75 Å². The van der Waals surface area contributed by atoms with Crippen molar-refractivity contribution in [3.63, 3.8) is 0 Å². The van der Waals surface area contributed by atoms with Crippen molar-refractivity contribution >= 4 is 0 Å². The number of phenols is 1. The average molecular weight is 309 g/mol. The van der Waals surface area contributed by atoms with Crippen LogP contribution in [0.1, 0.15) is 17.5 Å². The lowest BCUT2D eigenvalue weighted by atomic mass is 9.83. The molecule has 0 spiro atoms. The van der Waals surface area contributed by atoms with E-state index in [1.54, 1.807) is 12.1 Å². The molecular weight excluding hydrogens is 286 g/mol. The van der Waals surface area contributed by atoms with Crippen molar-refractivity contribution in [1.82, 2.24) is 4.90 Å². The summed E-state index contributed by atoms with van der Waals surface area (Å²) in [5.41, 5.74) is 1.78. The predicted octanol–water partition coefficient (Wildman–Crippen LogP) is 3.54. The van der Waals surface area contributed by atoms with Gasteiger partial charge in [0.2, 0.25) is 0 Å². The minimum atomic E-state index is -0.467. The number of hydrogen-bond acceptors (Lipinski definition) is 3. The molecule has 1 aliphatic heterocycles. The van der Waals surface area contributed by atoms with Gasteiger partial charge < -0.3 is 9.84 Å². The first-order chi connectivity index (χ1) is 11.2. The van der Waals surface area contributed by atoms with Crippen molar-refractivity contribution in [2.75, 3.05) is 26.2 Å². The largest absolute Gasteiger partial charge is 0.508 e. The molecule has 0 radical (unpaired) electrons. The summed E-state index contributed by atoms with van der Waals surface area (Å²) in [6.07, 6.45) is 2.81. The van der Waals surface area contributed by atoms with E-state index in [-0.39, 0.29) is 5.75 Å². The van der Waals surface area contributed by atoms with E-state index in [0.717, 1.165) is 37.2 Å². The summed E-state index contributed by atoms with van der Waals surface area (Å²) in [6.45, 7) is 7.23. The summed E-state index contributed by atoms with van der Waals surface area (Å²) in [7, 11) is 0. The van der Waals surface area contributed by atoms with Crippen LogP contribution in [0.5, 0.6) is 5.75 Å². The van der Waals surface area contributed by atoms with Crippen LogP contribution in [-0.2, 0) is 10.3 Å². The maximum Gasteiger partial charge on any atom is 0.119 e. The molecule has 1 heterocycles. The van der Waals surface area contributed by atoms with Crippen LogP contribution in [0.4, 0.5) is 0 Å². The summed E-state index contributed by atoms with van der Waals surface area (Å²) in [5.74, 6) is 0.277. The number of ether oxygens (including phenoxy) is 1.